The SMILES string of the molecule is CCCCCc1cc(CC(=O)[O-])ccc1F. The lowest BCUT2D eigenvalue weighted by Crippen LogP contribution is -2.24. The van der Waals surface area contributed by atoms with Gasteiger partial charge in [-0.25, -0.2) is 4.39 Å². The van der Waals surface area contributed by atoms with Gasteiger partial charge in [0.15, 0.2) is 0 Å². The highest BCUT2D eigenvalue weighted by molar-refractivity contribution is 5.67. The summed E-state index contributed by atoms with van der Waals surface area (Å²) < 4.78 is 13.4. The molecule has 0 aliphatic carbocycles. The number of carbonyl (C=O) groups excluding carboxylic acids is 1. The van der Waals surface area contributed by atoms with Crippen molar-refractivity contribution < 1.29 is 14.3 Å². The van der Waals surface area contributed by atoms with E-state index in [4.69, 9.17) is 0 Å². The highest BCUT2D eigenvalue weighted by Crippen LogP contribution is 2.14. The minimum absolute atomic E-state index is 0.152. The van der Waals surface area contributed by atoms with Crippen LogP contribution < -0.4 is 5.11 Å². The standard InChI is InChI=1S/C13H17FO2/c1-2-3-4-5-11-8-10(9-13(15)16)6-7-12(11)14/h6-8H,2-5,9H2,1H3,(H,15,16)/p-1. The lowest BCUT2D eigenvalue weighted by molar-refractivity contribution is -0.304. The van der Waals surface area contributed by atoms with Crippen LogP contribution in [0.15, 0.2) is 18.2 Å². The molecule has 3 heteroatoms. The van der Waals surface area contributed by atoms with Gasteiger partial charge in [-0.3, -0.25) is 0 Å². The molecular weight excluding hydrogens is 207 g/mol. The first-order chi connectivity index (χ1) is 7.63. The van der Waals surface area contributed by atoms with Crippen molar-refractivity contribution in [2.45, 2.75) is 39.0 Å². The van der Waals surface area contributed by atoms with E-state index in [0.29, 0.717) is 17.5 Å². The van der Waals surface area contributed by atoms with Crippen molar-refractivity contribution in [3.05, 3.63) is 35.1 Å². The van der Waals surface area contributed by atoms with Crippen LogP contribution in [-0.2, 0) is 17.6 Å². The molecule has 0 amide bonds. The number of hydrogen-bond donors (Lipinski definition) is 0. The molecule has 1 aromatic rings. The van der Waals surface area contributed by atoms with Crippen LogP contribution in [0.3, 0.4) is 0 Å². The Morgan fingerprint density at radius 3 is 2.75 bits per heavy atom. The van der Waals surface area contributed by atoms with Gasteiger partial charge in [0.05, 0.1) is 0 Å². The zero-order valence-corrected chi connectivity index (χ0v) is 9.46. The zero-order valence-electron chi connectivity index (χ0n) is 9.46. The molecule has 16 heavy (non-hydrogen) atoms. The van der Waals surface area contributed by atoms with Crippen LogP contribution in [0.25, 0.3) is 0 Å². The molecule has 0 fully saturated rings. The summed E-state index contributed by atoms with van der Waals surface area (Å²) in [4.78, 5) is 10.4. The molecule has 0 N–H and O–H groups in total. The Bertz CT molecular complexity index is 361. The van der Waals surface area contributed by atoms with Gasteiger partial charge in [0.2, 0.25) is 0 Å². The fourth-order valence-corrected chi connectivity index (χ4v) is 1.66. The topological polar surface area (TPSA) is 40.1 Å². The molecule has 0 aliphatic rings. The first-order valence-electron chi connectivity index (χ1n) is 5.60. The van der Waals surface area contributed by atoms with E-state index < -0.39 is 5.97 Å². The van der Waals surface area contributed by atoms with E-state index in [-0.39, 0.29) is 12.2 Å². The summed E-state index contributed by atoms with van der Waals surface area (Å²) in [6.45, 7) is 2.09. The molecule has 0 unspecified atom stereocenters. The van der Waals surface area contributed by atoms with Crippen LogP contribution in [0.1, 0.15) is 37.3 Å². The predicted molar refractivity (Wildman–Crippen MR) is 58.3 cm³/mol. The maximum absolute atomic E-state index is 13.4. The summed E-state index contributed by atoms with van der Waals surface area (Å²) in [5.74, 6) is -1.38. The Morgan fingerprint density at radius 2 is 2.12 bits per heavy atom. The second-order valence-corrected chi connectivity index (χ2v) is 3.93. The van der Waals surface area contributed by atoms with Crippen molar-refractivity contribution in [2.75, 3.05) is 0 Å². The fourth-order valence-electron chi connectivity index (χ4n) is 1.66. The Balaban J connectivity index is 2.70. The van der Waals surface area contributed by atoms with E-state index >= 15 is 0 Å². The van der Waals surface area contributed by atoms with Crippen LogP contribution in [-0.4, -0.2) is 5.97 Å². The van der Waals surface area contributed by atoms with Gasteiger partial charge in [-0.05, 0) is 30.0 Å². The molecule has 2 nitrogen and oxygen atoms in total. The molecule has 0 saturated heterocycles. The zero-order chi connectivity index (χ0) is 12.0. The minimum atomic E-state index is -1.13. The molecule has 0 atom stereocenters. The van der Waals surface area contributed by atoms with Gasteiger partial charge in [0.25, 0.3) is 0 Å². The molecule has 0 radical (unpaired) electrons. The molecule has 0 aromatic heterocycles. The van der Waals surface area contributed by atoms with Crippen LogP contribution in [0.5, 0.6) is 0 Å². The number of unbranched alkanes of at least 4 members (excludes halogenated alkanes) is 2. The first-order valence-corrected chi connectivity index (χ1v) is 5.60. The van der Waals surface area contributed by atoms with Gasteiger partial charge in [-0.1, -0.05) is 31.9 Å². The van der Waals surface area contributed by atoms with Gasteiger partial charge < -0.3 is 9.90 Å². The van der Waals surface area contributed by atoms with Crippen LogP contribution in [0.2, 0.25) is 0 Å². The summed E-state index contributed by atoms with van der Waals surface area (Å²) in [5, 5.41) is 10.4. The average molecular weight is 223 g/mol. The van der Waals surface area contributed by atoms with E-state index in [0.717, 1.165) is 19.3 Å². The molecule has 0 saturated carbocycles. The number of rotatable bonds is 6. The van der Waals surface area contributed by atoms with Crippen molar-refractivity contribution in [2.24, 2.45) is 0 Å². The number of hydrogen-bond acceptors (Lipinski definition) is 2. The van der Waals surface area contributed by atoms with E-state index in [2.05, 4.69) is 6.92 Å². The van der Waals surface area contributed by atoms with Crippen LogP contribution in [0.4, 0.5) is 4.39 Å². The third-order valence-electron chi connectivity index (χ3n) is 2.51. The van der Waals surface area contributed by atoms with Crippen molar-refractivity contribution in [1.82, 2.24) is 0 Å². The smallest absolute Gasteiger partial charge is 0.126 e. The quantitative estimate of drug-likeness (QED) is 0.690. The third-order valence-corrected chi connectivity index (χ3v) is 2.51. The second-order valence-electron chi connectivity index (χ2n) is 3.93. The Hall–Kier alpha value is -1.38. The highest BCUT2D eigenvalue weighted by Gasteiger charge is 2.03. The highest BCUT2D eigenvalue weighted by atomic mass is 19.1. The van der Waals surface area contributed by atoms with Gasteiger partial charge in [0.1, 0.15) is 5.82 Å². The number of aliphatic carboxylic acids is 1. The molecule has 0 heterocycles. The third kappa shape index (κ3) is 4.01. The number of carbonyl (C=O) groups is 1. The number of halogens is 1. The molecule has 88 valence electrons. The predicted octanol–water partition coefficient (Wildman–Crippen LogP) is 1.85. The maximum Gasteiger partial charge on any atom is 0.126 e. The average Bonchev–Trinajstić information content (AvgIpc) is 2.22. The summed E-state index contributed by atoms with van der Waals surface area (Å²) in [7, 11) is 0. The molecule has 0 bridgehead atoms. The molecule has 1 rings (SSSR count). The van der Waals surface area contributed by atoms with Gasteiger partial charge in [0, 0.05) is 12.4 Å². The summed E-state index contributed by atoms with van der Waals surface area (Å²) >= 11 is 0. The molecular formula is C13H16FO2-. The Labute approximate surface area is 95.1 Å². The number of carboxylic acids is 1. The van der Waals surface area contributed by atoms with Crippen molar-refractivity contribution >= 4 is 5.97 Å². The Morgan fingerprint density at radius 1 is 1.38 bits per heavy atom. The summed E-state index contributed by atoms with van der Waals surface area (Å²) in [5.41, 5.74) is 1.21. The maximum atomic E-state index is 13.4. The minimum Gasteiger partial charge on any atom is -0.550 e. The number of carboxylic acid groups (broad SMARTS) is 1. The molecule has 0 aliphatic heterocycles. The second kappa shape index (κ2) is 6.26. The van der Waals surface area contributed by atoms with E-state index in [9.17, 15) is 14.3 Å². The summed E-state index contributed by atoms with van der Waals surface area (Å²) in [6.07, 6.45) is 3.59. The lowest BCUT2D eigenvalue weighted by Gasteiger charge is -2.07. The first kappa shape index (κ1) is 12.7. The van der Waals surface area contributed by atoms with E-state index in [1.807, 2.05) is 0 Å². The summed E-state index contributed by atoms with van der Waals surface area (Å²) in [6, 6.07) is 4.45. The van der Waals surface area contributed by atoms with Crippen molar-refractivity contribution in [3.8, 4) is 0 Å². The molecule has 0 spiro atoms. The van der Waals surface area contributed by atoms with Crippen molar-refractivity contribution in [3.63, 3.8) is 0 Å². The van der Waals surface area contributed by atoms with Gasteiger partial charge in [-0.2, -0.15) is 0 Å². The normalized spacial score (nSPS) is 10.4. The van der Waals surface area contributed by atoms with Gasteiger partial charge >= 0.3 is 0 Å². The largest absolute Gasteiger partial charge is 0.550 e. The van der Waals surface area contributed by atoms with E-state index in [1.54, 1.807) is 6.07 Å². The van der Waals surface area contributed by atoms with Crippen LogP contribution >= 0.6 is 0 Å². The fraction of sp³-hybridized carbons (Fsp3) is 0.462. The van der Waals surface area contributed by atoms with Gasteiger partial charge in [-0.15, -0.1) is 0 Å². The Kier molecular flexibility index (Phi) is 4.96. The van der Waals surface area contributed by atoms with E-state index in [1.165, 1.54) is 12.1 Å². The van der Waals surface area contributed by atoms with Crippen molar-refractivity contribution in [1.29, 1.82) is 0 Å². The number of benzene rings is 1. The molecule has 1 aromatic carbocycles. The van der Waals surface area contributed by atoms with Crippen LogP contribution in [0, 0.1) is 5.82 Å². The lowest BCUT2D eigenvalue weighted by atomic mass is 10.0. The monoisotopic (exact) mass is 223 g/mol. The number of aryl methyl sites for hydroxylation is 1.